The van der Waals surface area contributed by atoms with Crippen LogP contribution in [-0.2, 0) is 12.8 Å². The van der Waals surface area contributed by atoms with Crippen LogP contribution < -0.4 is 4.74 Å². The van der Waals surface area contributed by atoms with Crippen molar-refractivity contribution >= 4 is 0 Å². The van der Waals surface area contributed by atoms with Crippen molar-refractivity contribution in [3.63, 3.8) is 0 Å². The highest BCUT2D eigenvalue weighted by Crippen LogP contribution is 2.48. The van der Waals surface area contributed by atoms with Gasteiger partial charge >= 0.3 is 0 Å². The molecular weight excluding hydrogens is 342 g/mol. The van der Waals surface area contributed by atoms with E-state index in [9.17, 15) is 8.78 Å². The van der Waals surface area contributed by atoms with Crippen LogP contribution in [0.3, 0.4) is 0 Å². The maximum atomic E-state index is 12.6. The van der Waals surface area contributed by atoms with Gasteiger partial charge in [-0.1, -0.05) is 6.07 Å². The van der Waals surface area contributed by atoms with Crippen LogP contribution in [0.15, 0.2) is 30.4 Å². The van der Waals surface area contributed by atoms with E-state index in [1.807, 2.05) is 6.92 Å². The molecule has 0 aromatic heterocycles. The molecule has 2 fully saturated rings. The molecule has 0 heterocycles. The lowest BCUT2D eigenvalue weighted by Crippen LogP contribution is -2.34. The number of allylic oxidation sites excluding steroid dienone is 1. The zero-order valence-corrected chi connectivity index (χ0v) is 16.4. The van der Waals surface area contributed by atoms with Crippen molar-refractivity contribution in [3.05, 3.63) is 41.5 Å². The minimum atomic E-state index is -1.49. The summed E-state index contributed by atoms with van der Waals surface area (Å²) in [7, 11) is 0. The summed E-state index contributed by atoms with van der Waals surface area (Å²) in [6.45, 7) is 2.75. The molecule has 0 N–H and O–H groups in total. The molecule has 3 aliphatic carbocycles. The Morgan fingerprint density at radius 2 is 1.70 bits per heavy atom. The average molecular weight is 375 g/mol. The Kier molecular flexibility index (Phi) is 5.85. The summed E-state index contributed by atoms with van der Waals surface area (Å²) in [6, 6.07) is 6.65. The lowest BCUT2D eigenvalue weighted by molar-refractivity contribution is 0.0802. The van der Waals surface area contributed by atoms with Gasteiger partial charge in [-0.05, 0) is 124 Å². The van der Waals surface area contributed by atoms with Crippen LogP contribution in [0, 0.1) is 29.6 Å². The van der Waals surface area contributed by atoms with Gasteiger partial charge in [-0.25, -0.2) is 0 Å². The van der Waals surface area contributed by atoms with Gasteiger partial charge in [0.15, 0.2) is 0 Å². The van der Waals surface area contributed by atoms with E-state index in [0.29, 0.717) is 5.92 Å². The molecule has 0 spiro atoms. The molecule has 1 aromatic carbocycles. The molecule has 0 bridgehead atoms. The fourth-order valence-electron chi connectivity index (χ4n) is 6.14. The number of aryl methyl sites for hydroxylation is 1. The second-order valence-corrected chi connectivity index (χ2v) is 8.99. The van der Waals surface area contributed by atoms with Crippen LogP contribution in [0.25, 0.3) is 0 Å². The minimum Gasteiger partial charge on any atom is -0.494 e. The Balaban J connectivity index is 1.36. The zero-order valence-electron chi connectivity index (χ0n) is 16.4. The monoisotopic (exact) mass is 374 g/mol. The molecule has 4 rings (SSSR count). The van der Waals surface area contributed by atoms with Crippen molar-refractivity contribution in [1.82, 2.24) is 0 Å². The van der Waals surface area contributed by atoms with Crippen LogP contribution >= 0.6 is 0 Å². The molecule has 2 saturated carbocycles. The van der Waals surface area contributed by atoms with E-state index in [-0.39, 0.29) is 5.92 Å². The molecule has 0 radical (unpaired) electrons. The van der Waals surface area contributed by atoms with Gasteiger partial charge in [0.1, 0.15) is 5.75 Å². The Morgan fingerprint density at radius 1 is 0.963 bits per heavy atom. The number of ether oxygens (including phenoxy) is 1. The first-order chi connectivity index (χ1) is 13.1. The van der Waals surface area contributed by atoms with Gasteiger partial charge in [-0.15, -0.1) is 0 Å². The summed E-state index contributed by atoms with van der Waals surface area (Å²) in [5.74, 6) is 4.21. The lowest BCUT2D eigenvalue weighted by Gasteiger charge is -2.44. The highest BCUT2D eigenvalue weighted by atomic mass is 19.3. The molecule has 1 aromatic rings. The first kappa shape index (κ1) is 19.0. The van der Waals surface area contributed by atoms with E-state index in [4.69, 9.17) is 4.74 Å². The molecule has 5 unspecified atom stereocenters. The third-order valence-electron chi connectivity index (χ3n) is 7.48. The van der Waals surface area contributed by atoms with Gasteiger partial charge < -0.3 is 4.74 Å². The van der Waals surface area contributed by atoms with Crippen LogP contribution in [0.1, 0.15) is 63.0 Å². The summed E-state index contributed by atoms with van der Waals surface area (Å²) >= 11 is 0. The molecule has 5 atom stereocenters. The van der Waals surface area contributed by atoms with Gasteiger partial charge in [-0.2, -0.15) is 8.78 Å². The molecule has 0 aliphatic heterocycles. The topological polar surface area (TPSA) is 9.23 Å². The third kappa shape index (κ3) is 4.38. The van der Waals surface area contributed by atoms with E-state index in [0.717, 1.165) is 49.4 Å². The molecule has 3 heteroatoms. The quantitative estimate of drug-likeness (QED) is 0.563. The number of hydrogen-bond donors (Lipinski definition) is 0. The molecule has 0 amide bonds. The van der Waals surface area contributed by atoms with E-state index >= 15 is 0 Å². The summed E-state index contributed by atoms with van der Waals surface area (Å²) in [4.78, 5) is 0. The first-order valence-electron chi connectivity index (χ1n) is 10.9. The molecule has 1 nitrogen and oxygen atoms in total. The van der Waals surface area contributed by atoms with Gasteiger partial charge in [0.25, 0.3) is 6.08 Å². The molecule has 0 saturated heterocycles. The summed E-state index contributed by atoms with van der Waals surface area (Å²) < 4.78 is 30.8. The second-order valence-electron chi connectivity index (χ2n) is 8.99. The minimum absolute atomic E-state index is 0.119. The Bertz CT molecular complexity index is 679. The smallest absolute Gasteiger partial charge is 0.266 e. The Morgan fingerprint density at radius 3 is 2.48 bits per heavy atom. The molecular formula is C24H32F2O. The van der Waals surface area contributed by atoms with Crippen molar-refractivity contribution in [3.8, 4) is 5.75 Å². The predicted molar refractivity (Wildman–Crippen MR) is 105 cm³/mol. The Labute approximate surface area is 162 Å². The first-order valence-corrected chi connectivity index (χ1v) is 10.9. The highest BCUT2D eigenvalue weighted by Gasteiger charge is 2.38. The van der Waals surface area contributed by atoms with Gasteiger partial charge in [0, 0.05) is 0 Å². The summed E-state index contributed by atoms with van der Waals surface area (Å²) in [5, 5.41) is 0. The van der Waals surface area contributed by atoms with E-state index in [1.54, 1.807) is 0 Å². The largest absolute Gasteiger partial charge is 0.494 e. The van der Waals surface area contributed by atoms with Crippen LogP contribution in [0.4, 0.5) is 8.78 Å². The van der Waals surface area contributed by atoms with E-state index in [2.05, 4.69) is 18.2 Å². The lowest BCUT2D eigenvalue weighted by atomic mass is 9.61. The molecule has 148 valence electrons. The summed E-state index contributed by atoms with van der Waals surface area (Å²) in [6.07, 6.45) is 10.4. The fourth-order valence-corrected chi connectivity index (χ4v) is 6.14. The number of halogens is 2. The molecule has 27 heavy (non-hydrogen) atoms. The van der Waals surface area contributed by atoms with Gasteiger partial charge in [0.2, 0.25) is 0 Å². The number of rotatable bonds is 4. The Hall–Kier alpha value is -1.38. The average Bonchev–Trinajstić information content (AvgIpc) is 2.67. The molecule has 3 aliphatic rings. The number of benzene rings is 1. The third-order valence-corrected chi connectivity index (χ3v) is 7.48. The fraction of sp³-hybridized carbons (Fsp3) is 0.667. The zero-order chi connectivity index (χ0) is 18.8. The van der Waals surface area contributed by atoms with Crippen molar-refractivity contribution < 1.29 is 13.5 Å². The van der Waals surface area contributed by atoms with Crippen molar-refractivity contribution in [1.29, 1.82) is 0 Å². The van der Waals surface area contributed by atoms with Crippen molar-refractivity contribution in [2.45, 2.75) is 64.7 Å². The van der Waals surface area contributed by atoms with Crippen LogP contribution in [0.5, 0.6) is 5.75 Å². The van der Waals surface area contributed by atoms with Crippen molar-refractivity contribution in [2.75, 3.05) is 6.61 Å². The van der Waals surface area contributed by atoms with Crippen LogP contribution in [-0.4, -0.2) is 6.61 Å². The van der Waals surface area contributed by atoms with Gasteiger partial charge in [-0.3, -0.25) is 0 Å². The normalized spacial score (nSPS) is 32.9. The summed E-state index contributed by atoms with van der Waals surface area (Å²) in [5.41, 5.74) is 3.00. The predicted octanol–water partition coefficient (Wildman–Crippen LogP) is 6.80. The maximum Gasteiger partial charge on any atom is 0.266 e. The number of fused-ring (bicyclic) bond motifs is 2. The van der Waals surface area contributed by atoms with Crippen LogP contribution in [0.2, 0.25) is 0 Å². The van der Waals surface area contributed by atoms with Crippen molar-refractivity contribution in [2.24, 2.45) is 29.6 Å². The van der Waals surface area contributed by atoms with E-state index < -0.39 is 6.08 Å². The van der Waals surface area contributed by atoms with Gasteiger partial charge in [0.05, 0.1) is 6.61 Å². The van der Waals surface area contributed by atoms with E-state index in [1.165, 1.54) is 55.7 Å². The SMILES string of the molecule is CCOc1ccc2c(c1)CCC(C1CCC3CC(C=C(F)F)CCC3C1)C2. The number of hydrogen-bond acceptors (Lipinski definition) is 1. The highest BCUT2D eigenvalue weighted by molar-refractivity contribution is 5.37. The standard InChI is InChI=1S/C24H32F2O/c1-2-27-23-10-9-21-14-20(7-8-22(21)15-23)19-6-5-17-11-16(12-24(25)26)3-4-18(17)13-19/h9-10,12,15-20H,2-8,11,13-14H2,1H3. The second kappa shape index (κ2) is 8.32. The maximum absolute atomic E-state index is 12.6.